The average molecular weight is 281 g/mol. The summed E-state index contributed by atoms with van der Waals surface area (Å²) in [6.07, 6.45) is 2.75. The Morgan fingerprint density at radius 1 is 1.40 bits per heavy atom. The summed E-state index contributed by atoms with van der Waals surface area (Å²) in [7, 11) is 0. The van der Waals surface area contributed by atoms with Crippen LogP contribution in [-0.2, 0) is 6.54 Å². The first kappa shape index (κ1) is 16.4. The number of rotatable bonds is 8. The number of amides is 1. The summed E-state index contributed by atoms with van der Waals surface area (Å²) in [6.45, 7) is 4.70. The van der Waals surface area contributed by atoms with Crippen LogP contribution in [0.2, 0.25) is 0 Å². The van der Waals surface area contributed by atoms with Gasteiger partial charge in [-0.1, -0.05) is 26.7 Å². The molecule has 20 heavy (non-hydrogen) atoms. The van der Waals surface area contributed by atoms with Gasteiger partial charge in [-0.05, 0) is 18.9 Å². The van der Waals surface area contributed by atoms with Crippen LogP contribution in [0.4, 0.5) is 0 Å². The minimum Gasteiger partial charge on any atom is -0.391 e. The van der Waals surface area contributed by atoms with Crippen molar-refractivity contribution < 1.29 is 9.90 Å². The summed E-state index contributed by atoms with van der Waals surface area (Å²) in [5, 5.41) is 16.2. The highest BCUT2D eigenvalue weighted by Gasteiger charge is 2.11. The van der Waals surface area contributed by atoms with Crippen LogP contribution < -0.4 is 10.9 Å². The van der Waals surface area contributed by atoms with E-state index in [1.807, 2.05) is 13.8 Å². The van der Waals surface area contributed by atoms with Crippen molar-refractivity contribution >= 4 is 5.91 Å². The second-order valence-electron chi connectivity index (χ2n) is 4.79. The Morgan fingerprint density at radius 2 is 2.15 bits per heavy atom. The normalized spacial score (nSPS) is 12.2. The van der Waals surface area contributed by atoms with Crippen LogP contribution in [0, 0.1) is 0 Å². The molecule has 0 aliphatic heterocycles. The van der Waals surface area contributed by atoms with E-state index in [1.165, 1.54) is 16.8 Å². The van der Waals surface area contributed by atoms with E-state index in [4.69, 9.17) is 0 Å². The molecule has 1 atom stereocenters. The van der Waals surface area contributed by atoms with Gasteiger partial charge in [0.1, 0.15) is 5.69 Å². The van der Waals surface area contributed by atoms with Gasteiger partial charge >= 0.3 is 0 Å². The maximum absolute atomic E-state index is 11.9. The summed E-state index contributed by atoms with van der Waals surface area (Å²) >= 11 is 0. The molecular formula is C14H23N3O3. The van der Waals surface area contributed by atoms with Crippen LogP contribution >= 0.6 is 0 Å². The first-order valence-corrected chi connectivity index (χ1v) is 7.12. The number of hydrogen-bond donors (Lipinski definition) is 2. The van der Waals surface area contributed by atoms with E-state index >= 15 is 0 Å². The largest absolute Gasteiger partial charge is 0.391 e. The predicted octanol–water partition coefficient (Wildman–Crippen LogP) is 0.934. The highest BCUT2D eigenvalue weighted by Crippen LogP contribution is 1.97. The molecule has 0 fully saturated rings. The van der Waals surface area contributed by atoms with Crippen LogP contribution in [0.15, 0.2) is 16.9 Å². The molecule has 1 rings (SSSR count). The fourth-order valence-electron chi connectivity index (χ4n) is 1.77. The van der Waals surface area contributed by atoms with Crippen molar-refractivity contribution in [2.45, 2.75) is 52.2 Å². The number of nitrogens with one attached hydrogen (secondary N) is 1. The number of hydrogen-bond acceptors (Lipinski definition) is 4. The lowest BCUT2D eigenvalue weighted by atomic mass is 10.2. The molecule has 0 aliphatic rings. The van der Waals surface area contributed by atoms with Gasteiger partial charge in [-0.25, -0.2) is 4.68 Å². The molecule has 112 valence electrons. The van der Waals surface area contributed by atoms with E-state index in [2.05, 4.69) is 10.4 Å². The summed E-state index contributed by atoms with van der Waals surface area (Å²) in [6, 6.07) is 2.76. The van der Waals surface area contributed by atoms with Crippen molar-refractivity contribution in [1.82, 2.24) is 15.1 Å². The number of unbranched alkanes of at least 4 members (excludes halogenated alkanes) is 1. The standard InChI is InChI=1S/C14H23N3O3/c1-3-5-9-17-13(19)8-7-12(16-17)14(20)15-10-11(18)6-4-2/h7-8,11,18H,3-6,9-10H2,1-2H3,(H,15,20). The molecule has 6 heteroatoms. The molecule has 0 aromatic carbocycles. The Labute approximate surface area is 118 Å². The third-order valence-electron chi connectivity index (χ3n) is 2.94. The lowest BCUT2D eigenvalue weighted by Crippen LogP contribution is -2.34. The van der Waals surface area contributed by atoms with Crippen LogP contribution in [-0.4, -0.2) is 33.4 Å². The SMILES string of the molecule is CCCCn1nc(C(=O)NCC(O)CCC)ccc1=O. The maximum Gasteiger partial charge on any atom is 0.271 e. The fraction of sp³-hybridized carbons (Fsp3) is 0.643. The van der Waals surface area contributed by atoms with Gasteiger partial charge in [0.05, 0.1) is 6.10 Å². The molecule has 0 saturated heterocycles. The minimum absolute atomic E-state index is 0.197. The van der Waals surface area contributed by atoms with Gasteiger partial charge in [-0.2, -0.15) is 5.10 Å². The topological polar surface area (TPSA) is 84.2 Å². The molecular weight excluding hydrogens is 258 g/mol. The number of carbonyl (C=O) groups is 1. The Balaban J connectivity index is 2.66. The van der Waals surface area contributed by atoms with Crippen molar-refractivity contribution in [3.63, 3.8) is 0 Å². The molecule has 1 amide bonds. The quantitative estimate of drug-likeness (QED) is 0.742. The van der Waals surface area contributed by atoms with E-state index in [0.29, 0.717) is 13.0 Å². The minimum atomic E-state index is -0.546. The molecule has 2 N–H and O–H groups in total. The number of aliphatic hydroxyl groups excluding tert-OH is 1. The van der Waals surface area contributed by atoms with E-state index in [9.17, 15) is 14.7 Å². The Kier molecular flexibility index (Phi) is 6.93. The van der Waals surface area contributed by atoms with Crippen molar-refractivity contribution in [3.05, 3.63) is 28.2 Å². The van der Waals surface area contributed by atoms with Crippen LogP contribution in [0.25, 0.3) is 0 Å². The summed E-state index contributed by atoms with van der Waals surface area (Å²) in [5.41, 5.74) is -0.00887. The number of aromatic nitrogens is 2. The Hall–Kier alpha value is -1.69. The smallest absolute Gasteiger partial charge is 0.271 e. The molecule has 0 radical (unpaired) electrons. The van der Waals surface area contributed by atoms with Gasteiger partial charge in [0.25, 0.3) is 11.5 Å². The second kappa shape index (κ2) is 8.47. The second-order valence-corrected chi connectivity index (χ2v) is 4.79. The predicted molar refractivity (Wildman–Crippen MR) is 76.7 cm³/mol. The number of nitrogens with zero attached hydrogens (tertiary/aromatic N) is 2. The number of aryl methyl sites for hydroxylation is 1. The highest BCUT2D eigenvalue weighted by molar-refractivity contribution is 5.91. The third kappa shape index (κ3) is 5.13. The Morgan fingerprint density at radius 3 is 2.80 bits per heavy atom. The summed E-state index contributed by atoms with van der Waals surface area (Å²) in [4.78, 5) is 23.5. The lowest BCUT2D eigenvalue weighted by molar-refractivity contribution is 0.0902. The van der Waals surface area contributed by atoms with Crippen molar-refractivity contribution in [3.8, 4) is 0 Å². The zero-order chi connectivity index (χ0) is 15.0. The van der Waals surface area contributed by atoms with Gasteiger partial charge in [0, 0.05) is 19.2 Å². The van der Waals surface area contributed by atoms with Gasteiger partial charge in [0.2, 0.25) is 0 Å². The van der Waals surface area contributed by atoms with Crippen molar-refractivity contribution in [2.75, 3.05) is 6.54 Å². The van der Waals surface area contributed by atoms with Crippen LogP contribution in [0.1, 0.15) is 50.0 Å². The molecule has 1 aromatic heterocycles. The maximum atomic E-state index is 11.9. The van der Waals surface area contributed by atoms with E-state index in [1.54, 1.807) is 0 Å². The third-order valence-corrected chi connectivity index (χ3v) is 2.94. The highest BCUT2D eigenvalue weighted by atomic mass is 16.3. The molecule has 6 nitrogen and oxygen atoms in total. The van der Waals surface area contributed by atoms with Gasteiger partial charge in [-0.3, -0.25) is 9.59 Å². The molecule has 0 spiro atoms. The summed E-state index contributed by atoms with van der Waals surface area (Å²) < 4.78 is 1.31. The van der Waals surface area contributed by atoms with Crippen LogP contribution in [0.3, 0.4) is 0 Å². The van der Waals surface area contributed by atoms with Gasteiger partial charge in [-0.15, -0.1) is 0 Å². The first-order chi connectivity index (χ1) is 9.58. The van der Waals surface area contributed by atoms with Crippen molar-refractivity contribution in [2.24, 2.45) is 0 Å². The average Bonchev–Trinajstić information content (AvgIpc) is 2.44. The molecule has 0 saturated carbocycles. The van der Waals surface area contributed by atoms with Gasteiger partial charge < -0.3 is 10.4 Å². The van der Waals surface area contributed by atoms with Crippen LogP contribution in [0.5, 0.6) is 0 Å². The van der Waals surface area contributed by atoms with Crippen molar-refractivity contribution in [1.29, 1.82) is 0 Å². The zero-order valence-electron chi connectivity index (χ0n) is 12.1. The Bertz CT molecular complexity index is 485. The first-order valence-electron chi connectivity index (χ1n) is 7.12. The molecule has 1 heterocycles. The molecule has 1 unspecified atom stereocenters. The molecule has 0 bridgehead atoms. The number of carbonyl (C=O) groups excluding carboxylic acids is 1. The number of aliphatic hydroxyl groups is 1. The van der Waals surface area contributed by atoms with E-state index in [0.717, 1.165) is 19.3 Å². The zero-order valence-corrected chi connectivity index (χ0v) is 12.1. The van der Waals surface area contributed by atoms with E-state index in [-0.39, 0.29) is 23.7 Å². The molecule has 1 aromatic rings. The summed E-state index contributed by atoms with van der Waals surface area (Å²) in [5.74, 6) is -0.370. The monoisotopic (exact) mass is 281 g/mol. The fourth-order valence-corrected chi connectivity index (χ4v) is 1.77. The lowest BCUT2D eigenvalue weighted by Gasteiger charge is -2.11. The van der Waals surface area contributed by atoms with E-state index < -0.39 is 6.10 Å². The molecule has 0 aliphatic carbocycles. The van der Waals surface area contributed by atoms with Gasteiger partial charge in [0.15, 0.2) is 0 Å².